The highest BCUT2D eigenvalue weighted by atomic mass is 35.5. The first-order chi connectivity index (χ1) is 13.3. The number of benzene rings is 2. The summed E-state index contributed by atoms with van der Waals surface area (Å²) in [5, 5.41) is 4.06. The summed E-state index contributed by atoms with van der Waals surface area (Å²) in [4.78, 5) is 25.4. The van der Waals surface area contributed by atoms with Crippen molar-refractivity contribution in [3.8, 4) is 5.75 Å². The Morgan fingerprint density at radius 2 is 1.89 bits per heavy atom. The third-order valence-electron chi connectivity index (χ3n) is 5.01. The Labute approximate surface area is 166 Å². The van der Waals surface area contributed by atoms with Crippen LogP contribution in [0.5, 0.6) is 5.75 Å². The summed E-state index contributed by atoms with van der Waals surface area (Å²) in [7, 11) is 0. The molecule has 0 atom stereocenters. The van der Waals surface area contributed by atoms with E-state index in [1.807, 2.05) is 36.1 Å². The van der Waals surface area contributed by atoms with Crippen molar-refractivity contribution in [2.24, 2.45) is 0 Å². The highest BCUT2D eigenvalue weighted by molar-refractivity contribution is 6.33. The van der Waals surface area contributed by atoms with Crippen LogP contribution in [0.2, 0.25) is 5.02 Å². The van der Waals surface area contributed by atoms with Crippen LogP contribution in [0.1, 0.15) is 23.6 Å². The number of carbonyl (C=O) groups excluding carboxylic acids is 1. The molecule has 0 saturated carbocycles. The highest BCUT2D eigenvalue weighted by Crippen LogP contribution is 2.40. The first kappa shape index (κ1) is 18.4. The Hall–Kier alpha value is -2.99. The second-order valence-electron chi connectivity index (χ2n) is 6.88. The fraction of sp³-hybridized carbons (Fsp3) is 0.238. The van der Waals surface area contributed by atoms with E-state index in [1.54, 1.807) is 13.0 Å². The summed E-state index contributed by atoms with van der Waals surface area (Å²) in [5.74, 6) is 0.427. The number of halogens is 1. The van der Waals surface area contributed by atoms with Gasteiger partial charge in [-0.3, -0.25) is 4.79 Å². The van der Waals surface area contributed by atoms with Crippen LogP contribution in [0.4, 0.5) is 11.4 Å². The molecule has 0 aliphatic carbocycles. The van der Waals surface area contributed by atoms with Crippen LogP contribution < -0.4 is 20.6 Å². The molecular weight excluding hydrogens is 380 g/mol. The lowest BCUT2D eigenvalue weighted by Gasteiger charge is -2.31. The molecule has 2 aromatic carbocycles. The van der Waals surface area contributed by atoms with Crippen molar-refractivity contribution in [1.82, 2.24) is 0 Å². The minimum Gasteiger partial charge on any atom is -0.471 e. The van der Waals surface area contributed by atoms with Crippen LogP contribution in [0.25, 0.3) is 11.0 Å². The minimum atomic E-state index is -0.355. The molecule has 6 nitrogen and oxygen atoms in total. The number of ether oxygens (including phenoxy) is 1. The van der Waals surface area contributed by atoms with Crippen molar-refractivity contribution in [1.29, 1.82) is 0 Å². The van der Waals surface area contributed by atoms with E-state index in [2.05, 4.69) is 5.32 Å². The van der Waals surface area contributed by atoms with Gasteiger partial charge in [0.15, 0.2) is 6.73 Å². The molecule has 0 unspecified atom stereocenters. The molecule has 0 bridgehead atoms. The summed E-state index contributed by atoms with van der Waals surface area (Å²) in [5.41, 5.74) is 3.97. The number of hydrogen-bond donors (Lipinski definition) is 1. The SMILES string of the molecule is CC(=O)Nc1ccc(N2COc3c(Cl)cc4c(C)c(C)c(=O)oc4c3C2)cc1. The first-order valence-electron chi connectivity index (χ1n) is 8.86. The number of rotatable bonds is 2. The van der Waals surface area contributed by atoms with Crippen molar-refractivity contribution in [3.63, 3.8) is 0 Å². The molecule has 0 saturated heterocycles. The molecule has 0 radical (unpaired) electrons. The van der Waals surface area contributed by atoms with E-state index in [0.29, 0.717) is 35.2 Å². The fourth-order valence-electron chi connectivity index (χ4n) is 3.39. The maximum absolute atomic E-state index is 12.2. The molecule has 28 heavy (non-hydrogen) atoms. The molecule has 1 aliphatic rings. The zero-order chi connectivity index (χ0) is 20.0. The number of nitrogens with zero attached hydrogens (tertiary/aromatic N) is 1. The topological polar surface area (TPSA) is 71.8 Å². The Morgan fingerprint density at radius 3 is 2.57 bits per heavy atom. The van der Waals surface area contributed by atoms with Crippen LogP contribution in [0, 0.1) is 13.8 Å². The van der Waals surface area contributed by atoms with Crippen molar-refractivity contribution < 1.29 is 13.9 Å². The summed E-state index contributed by atoms with van der Waals surface area (Å²) in [6, 6.07) is 9.25. The lowest BCUT2D eigenvalue weighted by atomic mass is 10.0. The van der Waals surface area contributed by atoms with E-state index < -0.39 is 0 Å². The zero-order valence-electron chi connectivity index (χ0n) is 15.8. The third kappa shape index (κ3) is 3.10. The predicted molar refractivity (Wildman–Crippen MR) is 109 cm³/mol. The quantitative estimate of drug-likeness (QED) is 0.648. The van der Waals surface area contributed by atoms with Gasteiger partial charge in [0.1, 0.15) is 11.3 Å². The normalized spacial score (nSPS) is 13.2. The van der Waals surface area contributed by atoms with Gasteiger partial charge in [0.25, 0.3) is 0 Å². The average molecular weight is 399 g/mol. The Balaban J connectivity index is 1.76. The second kappa shape index (κ2) is 6.87. The Morgan fingerprint density at radius 1 is 1.18 bits per heavy atom. The predicted octanol–water partition coefficient (Wildman–Crippen LogP) is 4.38. The van der Waals surface area contributed by atoms with Gasteiger partial charge >= 0.3 is 5.63 Å². The second-order valence-corrected chi connectivity index (χ2v) is 7.29. The fourth-order valence-corrected chi connectivity index (χ4v) is 3.67. The van der Waals surface area contributed by atoms with Crippen molar-refractivity contribution in [2.75, 3.05) is 16.9 Å². The van der Waals surface area contributed by atoms with Crippen molar-refractivity contribution in [2.45, 2.75) is 27.3 Å². The summed E-state index contributed by atoms with van der Waals surface area (Å²) in [6.45, 7) is 5.90. The highest BCUT2D eigenvalue weighted by Gasteiger charge is 2.25. The molecule has 3 aromatic rings. The van der Waals surface area contributed by atoms with Crippen LogP contribution in [-0.4, -0.2) is 12.6 Å². The van der Waals surface area contributed by atoms with Crippen LogP contribution >= 0.6 is 11.6 Å². The van der Waals surface area contributed by atoms with Gasteiger partial charge in [0, 0.05) is 29.2 Å². The van der Waals surface area contributed by atoms with Gasteiger partial charge in [-0.2, -0.15) is 0 Å². The number of fused-ring (bicyclic) bond motifs is 3. The maximum atomic E-state index is 12.2. The van der Waals surface area contributed by atoms with Crippen LogP contribution in [0.3, 0.4) is 0 Å². The largest absolute Gasteiger partial charge is 0.471 e. The van der Waals surface area contributed by atoms with Gasteiger partial charge < -0.3 is 19.4 Å². The van der Waals surface area contributed by atoms with Gasteiger partial charge in [-0.05, 0) is 49.7 Å². The number of aryl methyl sites for hydroxylation is 1. The van der Waals surface area contributed by atoms with E-state index in [-0.39, 0.29) is 11.5 Å². The van der Waals surface area contributed by atoms with Gasteiger partial charge in [0.2, 0.25) is 5.91 Å². The van der Waals surface area contributed by atoms with Crippen molar-refractivity contribution in [3.05, 3.63) is 62.5 Å². The molecule has 1 aliphatic heterocycles. The van der Waals surface area contributed by atoms with Crippen LogP contribution in [-0.2, 0) is 11.3 Å². The lowest BCUT2D eigenvalue weighted by Crippen LogP contribution is -2.32. The van der Waals surface area contributed by atoms with Crippen LogP contribution in [0.15, 0.2) is 39.5 Å². The summed E-state index contributed by atoms with van der Waals surface area (Å²) in [6.07, 6.45) is 0. The maximum Gasteiger partial charge on any atom is 0.339 e. The van der Waals surface area contributed by atoms with Gasteiger partial charge in [-0.15, -0.1) is 0 Å². The number of nitrogens with one attached hydrogen (secondary N) is 1. The van der Waals surface area contributed by atoms with Gasteiger partial charge in [0.05, 0.1) is 17.1 Å². The molecular formula is C21H19ClN2O4. The molecule has 144 valence electrons. The monoisotopic (exact) mass is 398 g/mol. The molecule has 1 N–H and O–H groups in total. The van der Waals surface area contributed by atoms with Gasteiger partial charge in [-0.25, -0.2) is 4.79 Å². The molecule has 4 rings (SSSR count). The van der Waals surface area contributed by atoms with Crippen molar-refractivity contribution >= 4 is 39.9 Å². The number of carbonyl (C=O) groups is 1. The molecule has 2 heterocycles. The summed E-state index contributed by atoms with van der Waals surface area (Å²) >= 11 is 6.44. The minimum absolute atomic E-state index is 0.121. The Kier molecular flexibility index (Phi) is 4.51. The molecule has 0 fully saturated rings. The molecule has 1 amide bonds. The van der Waals surface area contributed by atoms with E-state index >= 15 is 0 Å². The van der Waals surface area contributed by atoms with E-state index in [4.69, 9.17) is 20.8 Å². The third-order valence-corrected chi connectivity index (χ3v) is 5.30. The molecule has 7 heteroatoms. The van der Waals surface area contributed by atoms with E-state index in [0.717, 1.165) is 27.9 Å². The summed E-state index contributed by atoms with van der Waals surface area (Å²) < 4.78 is 11.5. The Bertz CT molecular complexity index is 1150. The molecule has 1 aromatic heterocycles. The number of hydrogen-bond acceptors (Lipinski definition) is 5. The molecule has 0 spiro atoms. The number of anilines is 2. The average Bonchev–Trinajstić information content (AvgIpc) is 2.67. The lowest BCUT2D eigenvalue weighted by molar-refractivity contribution is -0.114. The van der Waals surface area contributed by atoms with E-state index in [9.17, 15) is 9.59 Å². The standard InChI is InChI=1S/C21H19ClN2O4/c1-11-12(2)21(26)28-19-16(11)8-18(22)20-17(19)9-24(10-27-20)15-6-4-14(5-7-15)23-13(3)25/h4-8H,9-10H2,1-3H3,(H,23,25). The first-order valence-corrected chi connectivity index (χ1v) is 9.23. The zero-order valence-corrected chi connectivity index (χ0v) is 16.5. The van der Waals surface area contributed by atoms with E-state index in [1.165, 1.54) is 6.92 Å². The smallest absolute Gasteiger partial charge is 0.339 e. The van der Waals surface area contributed by atoms with Gasteiger partial charge in [-0.1, -0.05) is 11.6 Å². The number of amides is 1.